The first-order valence-corrected chi connectivity index (χ1v) is 12.9. The number of piperidine rings is 1. The van der Waals surface area contributed by atoms with Gasteiger partial charge in [-0.1, -0.05) is 17.7 Å². The Kier molecular flexibility index (Phi) is 9.19. The highest BCUT2D eigenvalue weighted by Crippen LogP contribution is 2.30. The van der Waals surface area contributed by atoms with Gasteiger partial charge in [-0.15, -0.1) is 0 Å². The Labute approximate surface area is 223 Å². The molecule has 0 unspecified atom stereocenters. The topological polar surface area (TPSA) is 83.5 Å². The van der Waals surface area contributed by atoms with Gasteiger partial charge in [-0.3, -0.25) is 4.79 Å². The third-order valence-electron chi connectivity index (χ3n) is 6.60. The normalized spacial score (nSPS) is 16.2. The second-order valence-electron chi connectivity index (χ2n) is 9.20. The lowest BCUT2D eigenvalue weighted by Gasteiger charge is -2.33. The van der Waals surface area contributed by atoms with E-state index in [2.05, 4.69) is 15.1 Å². The number of carbonyl (C=O) groups excluding carboxylic acids is 1. The van der Waals surface area contributed by atoms with Gasteiger partial charge in [0.1, 0.15) is 12.0 Å². The third-order valence-corrected chi connectivity index (χ3v) is 6.93. The lowest BCUT2D eigenvalue weighted by atomic mass is 10.0. The molecule has 1 amide bonds. The number of rotatable bonds is 10. The predicted octanol–water partition coefficient (Wildman–Crippen LogP) is 4.38. The highest BCUT2D eigenvalue weighted by molar-refractivity contribution is 6.32. The standard InChI is InChI=1S/C28H34ClN3O5/c1-35-25-7-4-20(16-26(25)36-2)17-28(34)30-21-8-12-31(13-9-21)10-3-11-32-14-15-37-27(19-32)23-18-22(33)5-6-24(23)29/h4-7,14-16,18-19,21,33H,3,8-13,17H2,1-2H3,(H,30,34). The highest BCUT2D eigenvalue weighted by atomic mass is 35.5. The van der Waals surface area contributed by atoms with E-state index in [1.807, 2.05) is 30.6 Å². The molecule has 4 rings (SSSR count). The summed E-state index contributed by atoms with van der Waals surface area (Å²) in [5.41, 5.74) is 1.56. The van der Waals surface area contributed by atoms with E-state index >= 15 is 0 Å². The number of nitrogens with one attached hydrogen (secondary N) is 1. The van der Waals surface area contributed by atoms with E-state index in [1.165, 1.54) is 0 Å². The molecule has 2 aliphatic rings. The first kappa shape index (κ1) is 26.7. The van der Waals surface area contributed by atoms with E-state index < -0.39 is 0 Å². The number of amides is 1. The molecular weight excluding hydrogens is 494 g/mol. The summed E-state index contributed by atoms with van der Waals surface area (Å²) in [6.07, 6.45) is 8.60. The van der Waals surface area contributed by atoms with Crippen molar-refractivity contribution in [2.24, 2.45) is 0 Å². The number of methoxy groups -OCH3 is 2. The summed E-state index contributed by atoms with van der Waals surface area (Å²) in [7, 11) is 3.19. The number of likely N-dealkylation sites (tertiary alicyclic amines) is 1. The van der Waals surface area contributed by atoms with Crippen LogP contribution in [0.5, 0.6) is 17.2 Å². The quantitative estimate of drug-likeness (QED) is 0.474. The summed E-state index contributed by atoms with van der Waals surface area (Å²) in [6, 6.07) is 10.6. The van der Waals surface area contributed by atoms with Crippen LogP contribution in [0.1, 0.15) is 30.4 Å². The Morgan fingerprint density at radius 1 is 1.11 bits per heavy atom. The first-order valence-electron chi connectivity index (χ1n) is 12.5. The van der Waals surface area contributed by atoms with Crippen molar-refractivity contribution >= 4 is 23.3 Å². The van der Waals surface area contributed by atoms with Gasteiger partial charge in [0.25, 0.3) is 0 Å². The zero-order chi connectivity index (χ0) is 26.2. The minimum atomic E-state index is 0.0270. The molecule has 198 valence electrons. The largest absolute Gasteiger partial charge is 0.508 e. The Bertz CT molecular complexity index is 1140. The maximum atomic E-state index is 12.6. The zero-order valence-corrected chi connectivity index (χ0v) is 22.0. The Morgan fingerprint density at radius 2 is 1.89 bits per heavy atom. The summed E-state index contributed by atoms with van der Waals surface area (Å²) in [5, 5.41) is 13.5. The smallest absolute Gasteiger partial charge is 0.224 e. The second kappa shape index (κ2) is 12.7. The molecule has 2 heterocycles. The molecule has 2 aromatic carbocycles. The molecular formula is C28H34ClN3O5. The number of carbonyl (C=O) groups is 1. The van der Waals surface area contributed by atoms with E-state index in [1.54, 1.807) is 38.7 Å². The van der Waals surface area contributed by atoms with Crippen LogP contribution in [0.2, 0.25) is 5.02 Å². The van der Waals surface area contributed by atoms with Crippen LogP contribution in [0, 0.1) is 0 Å². The molecule has 0 saturated carbocycles. The van der Waals surface area contributed by atoms with Gasteiger partial charge in [0.15, 0.2) is 17.3 Å². The number of hydrogen-bond donors (Lipinski definition) is 2. The summed E-state index contributed by atoms with van der Waals surface area (Å²) in [5.74, 6) is 2.06. The molecule has 0 aromatic heterocycles. The number of nitrogens with zero attached hydrogens (tertiary/aromatic N) is 2. The fraction of sp³-hybridized carbons (Fsp3) is 0.393. The lowest BCUT2D eigenvalue weighted by molar-refractivity contribution is -0.121. The second-order valence-corrected chi connectivity index (χ2v) is 9.61. The Morgan fingerprint density at radius 3 is 2.65 bits per heavy atom. The predicted molar refractivity (Wildman–Crippen MR) is 143 cm³/mol. The average Bonchev–Trinajstić information content (AvgIpc) is 2.91. The Balaban J connectivity index is 1.18. The molecule has 1 fully saturated rings. The number of ether oxygens (including phenoxy) is 3. The molecule has 0 radical (unpaired) electrons. The average molecular weight is 528 g/mol. The van der Waals surface area contributed by atoms with Gasteiger partial charge < -0.3 is 34.4 Å². The van der Waals surface area contributed by atoms with Gasteiger partial charge in [-0.05, 0) is 61.7 Å². The maximum absolute atomic E-state index is 12.6. The van der Waals surface area contributed by atoms with Crippen molar-refractivity contribution in [1.29, 1.82) is 0 Å². The van der Waals surface area contributed by atoms with Crippen molar-refractivity contribution in [3.63, 3.8) is 0 Å². The minimum Gasteiger partial charge on any atom is -0.508 e. The molecule has 1 saturated heterocycles. The van der Waals surface area contributed by atoms with E-state index in [4.69, 9.17) is 25.8 Å². The number of hydrogen-bond acceptors (Lipinski definition) is 7. The molecule has 9 heteroatoms. The summed E-state index contributed by atoms with van der Waals surface area (Å²) in [4.78, 5) is 17.1. The number of phenols is 1. The molecule has 0 atom stereocenters. The number of aromatic hydroxyl groups is 1. The highest BCUT2D eigenvalue weighted by Gasteiger charge is 2.21. The van der Waals surface area contributed by atoms with Crippen LogP contribution in [0.15, 0.2) is 55.1 Å². The molecule has 2 aliphatic heterocycles. The van der Waals surface area contributed by atoms with Crippen LogP contribution in [0.3, 0.4) is 0 Å². The van der Waals surface area contributed by atoms with Crippen molar-refractivity contribution in [3.8, 4) is 17.2 Å². The van der Waals surface area contributed by atoms with Gasteiger partial charge in [0, 0.05) is 43.6 Å². The SMILES string of the molecule is COc1ccc(CC(=O)NC2CCN(CCCN3C=COC(c4cc(O)ccc4Cl)=C3)CC2)cc1OC. The van der Waals surface area contributed by atoms with Crippen LogP contribution >= 0.6 is 11.6 Å². The first-order chi connectivity index (χ1) is 17.9. The van der Waals surface area contributed by atoms with Gasteiger partial charge in [-0.2, -0.15) is 0 Å². The molecule has 0 aliphatic carbocycles. The van der Waals surface area contributed by atoms with E-state index in [0.29, 0.717) is 34.3 Å². The van der Waals surface area contributed by atoms with Crippen molar-refractivity contribution < 1.29 is 24.1 Å². The summed E-state index contributed by atoms with van der Waals surface area (Å²) < 4.78 is 16.2. The van der Waals surface area contributed by atoms with E-state index in [9.17, 15) is 9.90 Å². The maximum Gasteiger partial charge on any atom is 0.224 e. The number of benzene rings is 2. The van der Waals surface area contributed by atoms with Crippen molar-refractivity contribution in [3.05, 3.63) is 71.2 Å². The Hall–Kier alpha value is -3.36. The monoisotopic (exact) mass is 527 g/mol. The van der Waals surface area contributed by atoms with Crippen LogP contribution in [-0.4, -0.2) is 67.3 Å². The minimum absolute atomic E-state index is 0.0270. The van der Waals surface area contributed by atoms with Gasteiger partial charge in [0.2, 0.25) is 5.91 Å². The molecule has 0 spiro atoms. The summed E-state index contributed by atoms with van der Waals surface area (Å²) >= 11 is 6.27. The van der Waals surface area contributed by atoms with E-state index in [-0.39, 0.29) is 17.7 Å². The molecule has 2 aromatic rings. The molecule has 8 nitrogen and oxygen atoms in total. The van der Waals surface area contributed by atoms with Crippen LogP contribution in [0.4, 0.5) is 0 Å². The fourth-order valence-corrected chi connectivity index (χ4v) is 4.82. The molecule has 2 N–H and O–H groups in total. The van der Waals surface area contributed by atoms with Crippen molar-refractivity contribution in [2.75, 3.05) is 40.4 Å². The third kappa shape index (κ3) is 7.33. The van der Waals surface area contributed by atoms with Crippen molar-refractivity contribution in [1.82, 2.24) is 15.1 Å². The number of halogens is 1. The van der Waals surface area contributed by atoms with Crippen LogP contribution in [-0.2, 0) is 16.0 Å². The van der Waals surface area contributed by atoms with Gasteiger partial charge in [0.05, 0.1) is 25.7 Å². The van der Waals surface area contributed by atoms with Gasteiger partial charge >= 0.3 is 0 Å². The zero-order valence-electron chi connectivity index (χ0n) is 21.3. The fourth-order valence-electron chi connectivity index (χ4n) is 4.61. The van der Waals surface area contributed by atoms with Crippen LogP contribution < -0.4 is 14.8 Å². The van der Waals surface area contributed by atoms with E-state index in [0.717, 1.165) is 51.0 Å². The molecule has 0 bridgehead atoms. The summed E-state index contributed by atoms with van der Waals surface area (Å²) in [6.45, 7) is 3.73. The van der Waals surface area contributed by atoms with Crippen LogP contribution in [0.25, 0.3) is 5.76 Å². The van der Waals surface area contributed by atoms with Gasteiger partial charge in [-0.25, -0.2) is 0 Å². The molecule has 37 heavy (non-hydrogen) atoms. The lowest BCUT2D eigenvalue weighted by Crippen LogP contribution is -2.45. The number of phenolic OH excluding ortho intramolecular Hbond substituents is 1. The van der Waals surface area contributed by atoms with Crippen molar-refractivity contribution in [2.45, 2.75) is 31.7 Å².